The summed E-state index contributed by atoms with van der Waals surface area (Å²) in [6.07, 6.45) is 3.77. The molecule has 0 bridgehead atoms. The van der Waals surface area contributed by atoms with Crippen LogP contribution in [0.5, 0.6) is 0 Å². The van der Waals surface area contributed by atoms with Crippen LogP contribution in [0, 0.1) is 5.92 Å². The largest absolute Gasteiger partial charge is 0.312 e. The first-order valence-electron chi connectivity index (χ1n) is 9.65. The molecule has 0 spiro atoms. The lowest BCUT2D eigenvalue weighted by molar-refractivity contribution is -0.122. The Morgan fingerprint density at radius 1 is 1.23 bits per heavy atom. The van der Waals surface area contributed by atoms with Crippen LogP contribution in [-0.2, 0) is 16.1 Å². The van der Waals surface area contributed by atoms with Crippen molar-refractivity contribution in [2.75, 3.05) is 23.0 Å². The zero-order valence-corrected chi connectivity index (χ0v) is 19.0. The van der Waals surface area contributed by atoms with E-state index in [0.717, 1.165) is 16.1 Å². The maximum Gasteiger partial charge on any atom is 0.230 e. The molecule has 31 heavy (non-hydrogen) atoms. The highest BCUT2D eigenvalue weighted by Crippen LogP contribution is 2.29. The molecule has 6 nitrogen and oxygen atoms in total. The van der Waals surface area contributed by atoms with Crippen molar-refractivity contribution in [1.29, 1.82) is 0 Å². The van der Waals surface area contributed by atoms with Gasteiger partial charge in [0.2, 0.25) is 11.8 Å². The summed E-state index contributed by atoms with van der Waals surface area (Å²) < 4.78 is 1.66. The quantitative estimate of drug-likeness (QED) is 0.513. The first kappa shape index (κ1) is 21.7. The average molecular weight is 475 g/mol. The number of nitrogens with zero attached hydrogens (tertiary/aromatic N) is 3. The molecule has 4 rings (SSSR count). The van der Waals surface area contributed by atoms with Crippen molar-refractivity contribution in [3.05, 3.63) is 70.3 Å². The van der Waals surface area contributed by atoms with Crippen LogP contribution in [0.15, 0.2) is 59.6 Å². The van der Waals surface area contributed by atoms with E-state index in [4.69, 9.17) is 23.2 Å². The molecular weight excluding hydrogens is 455 g/mol. The molecule has 160 valence electrons. The van der Waals surface area contributed by atoms with Crippen molar-refractivity contribution < 1.29 is 9.59 Å². The lowest BCUT2D eigenvalue weighted by atomic mass is 10.1. The monoisotopic (exact) mass is 474 g/mol. The van der Waals surface area contributed by atoms with Crippen molar-refractivity contribution in [2.24, 2.45) is 5.92 Å². The topological polar surface area (TPSA) is 67.2 Å². The van der Waals surface area contributed by atoms with E-state index in [2.05, 4.69) is 10.4 Å². The van der Waals surface area contributed by atoms with Crippen molar-refractivity contribution in [2.45, 2.75) is 17.9 Å². The van der Waals surface area contributed by atoms with Crippen LogP contribution >= 0.6 is 35.0 Å². The third kappa shape index (κ3) is 4.89. The Hall–Kier alpha value is -2.48. The normalized spacial score (nSPS) is 16.0. The van der Waals surface area contributed by atoms with Gasteiger partial charge in [0.15, 0.2) is 0 Å². The van der Waals surface area contributed by atoms with E-state index in [1.165, 1.54) is 0 Å². The molecule has 2 heterocycles. The molecule has 1 aliphatic rings. The second kappa shape index (κ2) is 9.34. The third-order valence-corrected chi connectivity index (χ3v) is 6.48. The van der Waals surface area contributed by atoms with Gasteiger partial charge in [0, 0.05) is 39.7 Å². The van der Waals surface area contributed by atoms with Gasteiger partial charge in [-0.3, -0.25) is 9.59 Å². The van der Waals surface area contributed by atoms with E-state index < -0.39 is 5.92 Å². The standard InChI is InChI=1S/C22H20Cl2N4O2S/c1-31-18-4-2-3-17(11-18)27-12-15(9-21(27)29)22(30)26-20-7-8-25-28(20)13-14-5-6-16(23)10-19(14)24/h2-8,10-11,15H,9,12-13H2,1H3,(H,26,30). The third-order valence-electron chi connectivity index (χ3n) is 5.16. The molecule has 1 aromatic heterocycles. The van der Waals surface area contributed by atoms with E-state index in [1.807, 2.05) is 36.6 Å². The highest BCUT2D eigenvalue weighted by molar-refractivity contribution is 7.98. The molecule has 1 fully saturated rings. The van der Waals surface area contributed by atoms with Crippen molar-refractivity contribution in [3.63, 3.8) is 0 Å². The van der Waals surface area contributed by atoms with E-state index in [-0.39, 0.29) is 18.2 Å². The van der Waals surface area contributed by atoms with Gasteiger partial charge in [-0.2, -0.15) is 5.10 Å². The Morgan fingerprint density at radius 2 is 2.06 bits per heavy atom. The van der Waals surface area contributed by atoms with Crippen molar-refractivity contribution >= 4 is 58.3 Å². The van der Waals surface area contributed by atoms with E-state index in [9.17, 15) is 9.59 Å². The highest BCUT2D eigenvalue weighted by atomic mass is 35.5. The fourth-order valence-electron chi connectivity index (χ4n) is 3.52. The molecule has 0 saturated carbocycles. The van der Waals surface area contributed by atoms with Crippen LogP contribution in [0.25, 0.3) is 0 Å². The zero-order valence-electron chi connectivity index (χ0n) is 16.7. The SMILES string of the molecule is CSc1cccc(N2CC(C(=O)Nc3ccnn3Cc3ccc(Cl)cc3Cl)CC2=O)c1. The fourth-order valence-corrected chi connectivity index (χ4v) is 4.44. The molecule has 2 aromatic carbocycles. The summed E-state index contributed by atoms with van der Waals surface area (Å²) in [5.41, 5.74) is 1.65. The summed E-state index contributed by atoms with van der Waals surface area (Å²) in [6, 6.07) is 14.7. The summed E-state index contributed by atoms with van der Waals surface area (Å²) in [6.45, 7) is 0.732. The predicted octanol–water partition coefficient (Wildman–Crippen LogP) is 4.95. The number of rotatable bonds is 6. The molecular formula is C22H20Cl2N4O2S. The molecule has 1 aliphatic heterocycles. The van der Waals surface area contributed by atoms with Gasteiger partial charge >= 0.3 is 0 Å². The molecule has 1 saturated heterocycles. The van der Waals surface area contributed by atoms with Gasteiger partial charge in [-0.1, -0.05) is 35.3 Å². The molecule has 1 unspecified atom stereocenters. The zero-order chi connectivity index (χ0) is 22.0. The Labute approximate surface area is 194 Å². The number of carbonyl (C=O) groups is 2. The number of hydrogen-bond donors (Lipinski definition) is 1. The van der Waals surface area contributed by atoms with Crippen LogP contribution in [0.1, 0.15) is 12.0 Å². The Morgan fingerprint density at radius 3 is 2.84 bits per heavy atom. The van der Waals surface area contributed by atoms with Crippen LogP contribution < -0.4 is 10.2 Å². The minimum atomic E-state index is -0.437. The molecule has 2 amide bonds. The van der Waals surface area contributed by atoms with Crippen molar-refractivity contribution in [3.8, 4) is 0 Å². The number of carbonyl (C=O) groups excluding carboxylic acids is 2. The summed E-state index contributed by atoms with van der Waals surface area (Å²) in [7, 11) is 0. The van der Waals surface area contributed by atoms with Gasteiger partial charge in [-0.05, 0) is 42.2 Å². The minimum absolute atomic E-state index is 0.0557. The van der Waals surface area contributed by atoms with Gasteiger partial charge < -0.3 is 10.2 Å². The minimum Gasteiger partial charge on any atom is -0.312 e. The number of amides is 2. The number of anilines is 2. The Balaban J connectivity index is 1.45. The van der Waals surface area contributed by atoms with Gasteiger partial charge in [0.05, 0.1) is 18.7 Å². The van der Waals surface area contributed by atoms with Gasteiger partial charge in [0.25, 0.3) is 0 Å². The lowest BCUT2D eigenvalue weighted by Crippen LogP contribution is -2.28. The molecule has 0 radical (unpaired) electrons. The number of halogens is 2. The number of hydrogen-bond acceptors (Lipinski definition) is 4. The number of aromatic nitrogens is 2. The molecule has 1 atom stereocenters. The molecule has 1 N–H and O–H groups in total. The van der Waals surface area contributed by atoms with E-state index in [1.54, 1.807) is 45.7 Å². The van der Waals surface area contributed by atoms with Gasteiger partial charge in [-0.15, -0.1) is 11.8 Å². The maximum atomic E-state index is 12.9. The molecule has 3 aromatic rings. The second-order valence-corrected chi connectivity index (χ2v) is 8.93. The number of nitrogens with one attached hydrogen (secondary N) is 1. The summed E-state index contributed by atoms with van der Waals surface area (Å²) >= 11 is 13.8. The molecule has 9 heteroatoms. The maximum absolute atomic E-state index is 12.9. The second-order valence-electron chi connectivity index (χ2n) is 7.21. The number of thioether (sulfide) groups is 1. The van der Waals surface area contributed by atoms with Gasteiger partial charge in [-0.25, -0.2) is 4.68 Å². The number of benzene rings is 2. The average Bonchev–Trinajstić information content (AvgIpc) is 3.36. The van der Waals surface area contributed by atoms with E-state index in [0.29, 0.717) is 29.0 Å². The lowest BCUT2D eigenvalue weighted by Gasteiger charge is -2.17. The smallest absolute Gasteiger partial charge is 0.230 e. The highest BCUT2D eigenvalue weighted by Gasteiger charge is 2.35. The van der Waals surface area contributed by atoms with Crippen LogP contribution in [0.3, 0.4) is 0 Å². The molecule has 0 aliphatic carbocycles. The first-order chi connectivity index (χ1) is 14.9. The first-order valence-corrected chi connectivity index (χ1v) is 11.6. The van der Waals surface area contributed by atoms with E-state index >= 15 is 0 Å². The summed E-state index contributed by atoms with van der Waals surface area (Å²) in [5.74, 6) is -0.153. The Kier molecular flexibility index (Phi) is 6.55. The van der Waals surface area contributed by atoms with Crippen LogP contribution in [-0.4, -0.2) is 34.4 Å². The summed E-state index contributed by atoms with van der Waals surface area (Å²) in [4.78, 5) is 28.2. The van der Waals surface area contributed by atoms with Crippen molar-refractivity contribution in [1.82, 2.24) is 9.78 Å². The summed E-state index contributed by atoms with van der Waals surface area (Å²) in [5, 5.41) is 8.28. The van der Waals surface area contributed by atoms with Crippen LogP contribution in [0.4, 0.5) is 11.5 Å². The van der Waals surface area contributed by atoms with Gasteiger partial charge in [0.1, 0.15) is 5.82 Å². The Bertz CT molecular complexity index is 1130. The van der Waals surface area contributed by atoms with Crippen LogP contribution in [0.2, 0.25) is 10.0 Å². The fraction of sp³-hybridized carbons (Fsp3) is 0.227. The predicted molar refractivity (Wildman–Crippen MR) is 125 cm³/mol.